The van der Waals surface area contributed by atoms with Crippen molar-refractivity contribution in [2.45, 2.75) is 19.3 Å². The highest BCUT2D eigenvalue weighted by Gasteiger charge is 2.04. The van der Waals surface area contributed by atoms with Crippen LogP contribution in [0.2, 0.25) is 0 Å². The molecule has 0 atom stereocenters. The number of aliphatic carboxylic acids is 1. The van der Waals surface area contributed by atoms with Gasteiger partial charge in [0.1, 0.15) is 23.7 Å². The van der Waals surface area contributed by atoms with Crippen LogP contribution in [0.3, 0.4) is 0 Å². The third kappa shape index (κ3) is 7.44. The van der Waals surface area contributed by atoms with E-state index in [9.17, 15) is 9.90 Å². The number of aryl methyl sites for hydroxylation is 1. The summed E-state index contributed by atoms with van der Waals surface area (Å²) in [6.07, 6.45) is 7.17. The molecule has 1 rings (SSSR count). The second-order valence-corrected chi connectivity index (χ2v) is 5.23. The lowest BCUT2D eigenvalue weighted by Gasteiger charge is -2.10. The number of carbonyl (C=O) groups is 1. The van der Waals surface area contributed by atoms with Crippen molar-refractivity contribution < 1.29 is 24.5 Å². The van der Waals surface area contributed by atoms with Gasteiger partial charge in [-0.15, -0.1) is 0 Å². The molecule has 0 bridgehead atoms. The predicted octanol–water partition coefficient (Wildman–Crippen LogP) is 4.27. The van der Waals surface area contributed by atoms with E-state index in [2.05, 4.69) is 13.2 Å². The number of hydrogen-bond acceptors (Lipinski definition) is 4. The highest BCUT2D eigenvalue weighted by Crippen LogP contribution is 2.22. The number of carboxylic acid groups (broad SMARTS) is 1. The molecule has 0 aliphatic rings. The fourth-order valence-corrected chi connectivity index (χ4v) is 2.11. The molecule has 0 amide bonds. The van der Waals surface area contributed by atoms with Crippen LogP contribution in [0.15, 0.2) is 61.1 Å². The van der Waals surface area contributed by atoms with Gasteiger partial charge >= 0.3 is 5.97 Å². The Morgan fingerprint density at radius 3 is 2.60 bits per heavy atom. The highest BCUT2D eigenvalue weighted by molar-refractivity contribution is 5.69. The summed E-state index contributed by atoms with van der Waals surface area (Å²) in [6, 6.07) is 5.93. The number of carboxylic acids is 1. The van der Waals surface area contributed by atoms with E-state index in [4.69, 9.17) is 14.6 Å². The van der Waals surface area contributed by atoms with Crippen molar-refractivity contribution in [1.82, 2.24) is 0 Å². The smallest absolute Gasteiger partial charge is 0.311 e. The van der Waals surface area contributed by atoms with Crippen molar-refractivity contribution in [1.29, 1.82) is 0 Å². The maximum Gasteiger partial charge on any atom is 0.311 e. The molecule has 0 aliphatic heterocycles. The molecule has 0 saturated carbocycles. The zero-order valence-corrected chi connectivity index (χ0v) is 14.4. The minimum absolute atomic E-state index is 0.248. The van der Waals surface area contributed by atoms with Gasteiger partial charge in [-0.25, -0.2) is 0 Å². The SMILES string of the molecule is C=C/C(=C\C=C(\O)CC(=O)O)OCCCc1ccc(C=C)cc1OC. The normalized spacial score (nSPS) is 11.7. The predicted molar refractivity (Wildman–Crippen MR) is 98.6 cm³/mol. The Bertz CT molecular complexity index is 671. The number of hydrogen-bond donors (Lipinski definition) is 2. The van der Waals surface area contributed by atoms with Gasteiger partial charge in [-0.3, -0.25) is 4.79 Å². The molecule has 0 fully saturated rings. The van der Waals surface area contributed by atoms with Crippen molar-refractivity contribution >= 4 is 12.0 Å². The molecule has 0 spiro atoms. The maximum atomic E-state index is 10.5. The van der Waals surface area contributed by atoms with E-state index in [1.165, 1.54) is 18.2 Å². The van der Waals surface area contributed by atoms with Gasteiger partial charge in [-0.05, 0) is 48.3 Å². The van der Waals surface area contributed by atoms with E-state index in [-0.39, 0.29) is 5.76 Å². The van der Waals surface area contributed by atoms with E-state index in [0.29, 0.717) is 12.4 Å². The number of aliphatic hydroxyl groups is 1. The van der Waals surface area contributed by atoms with Crippen molar-refractivity contribution in [2.75, 3.05) is 13.7 Å². The molecule has 5 heteroatoms. The Morgan fingerprint density at radius 2 is 2.00 bits per heavy atom. The first kappa shape index (κ1) is 20.1. The number of allylic oxidation sites excluding steroid dienone is 3. The molecule has 0 aromatic heterocycles. The largest absolute Gasteiger partial charge is 0.512 e. The Morgan fingerprint density at radius 1 is 1.24 bits per heavy atom. The first-order chi connectivity index (χ1) is 12.0. The van der Waals surface area contributed by atoms with Gasteiger partial charge in [-0.1, -0.05) is 31.4 Å². The van der Waals surface area contributed by atoms with Crippen LogP contribution in [0.25, 0.3) is 6.08 Å². The Labute approximate surface area is 148 Å². The molecular weight excluding hydrogens is 320 g/mol. The number of ether oxygens (including phenoxy) is 2. The van der Waals surface area contributed by atoms with Gasteiger partial charge in [0.15, 0.2) is 0 Å². The Kier molecular flexibility index (Phi) is 8.65. The van der Waals surface area contributed by atoms with Gasteiger partial charge in [0.2, 0.25) is 0 Å². The molecule has 0 heterocycles. The van der Waals surface area contributed by atoms with Crippen LogP contribution >= 0.6 is 0 Å². The monoisotopic (exact) mass is 344 g/mol. The van der Waals surface area contributed by atoms with Crippen LogP contribution < -0.4 is 4.74 Å². The van der Waals surface area contributed by atoms with E-state index < -0.39 is 12.4 Å². The summed E-state index contributed by atoms with van der Waals surface area (Å²) in [5.74, 6) is -0.0635. The van der Waals surface area contributed by atoms with Crippen LogP contribution in [0.1, 0.15) is 24.0 Å². The molecule has 2 N–H and O–H groups in total. The summed E-state index contributed by atoms with van der Waals surface area (Å²) in [5.41, 5.74) is 2.08. The summed E-state index contributed by atoms with van der Waals surface area (Å²) in [4.78, 5) is 10.5. The minimum Gasteiger partial charge on any atom is -0.512 e. The van der Waals surface area contributed by atoms with Crippen molar-refractivity contribution in [3.63, 3.8) is 0 Å². The summed E-state index contributed by atoms with van der Waals surface area (Å²) in [5, 5.41) is 18.0. The van der Waals surface area contributed by atoms with Gasteiger partial charge in [0.25, 0.3) is 0 Å². The van der Waals surface area contributed by atoms with Crippen molar-refractivity contribution in [3.8, 4) is 5.75 Å². The summed E-state index contributed by atoms with van der Waals surface area (Å²) in [6.45, 7) is 7.83. The zero-order valence-electron chi connectivity index (χ0n) is 14.4. The second kappa shape index (κ2) is 10.8. The topological polar surface area (TPSA) is 76.0 Å². The molecule has 25 heavy (non-hydrogen) atoms. The van der Waals surface area contributed by atoms with Crippen LogP contribution in [0, 0.1) is 0 Å². The van der Waals surface area contributed by atoms with Gasteiger partial charge in [0, 0.05) is 0 Å². The lowest BCUT2D eigenvalue weighted by molar-refractivity contribution is -0.136. The number of methoxy groups -OCH3 is 1. The van der Waals surface area contributed by atoms with Gasteiger partial charge < -0.3 is 19.7 Å². The first-order valence-corrected chi connectivity index (χ1v) is 7.86. The number of rotatable bonds is 11. The van der Waals surface area contributed by atoms with E-state index in [1.54, 1.807) is 13.2 Å². The lowest BCUT2D eigenvalue weighted by atomic mass is 10.1. The highest BCUT2D eigenvalue weighted by atomic mass is 16.5. The van der Waals surface area contributed by atoms with E-state index in [1.807, 2.05) is 18.2 Å². The standard InChI is InChI=1S/C20H24O5/c1-4-15-8-9-16(19(13-15)24-3)7-6-12-25-18(5-2)11-10-17(21)14-20(22)23/h4-5,8-11,13,21H,1-2,6-7,12,14H2,3H3,(H,22,23)/b17-10+,18-11+. The van der Waals surface area contributed by atoms with Gasteiger partial charge in [0.05, 0.1) is 13.7 Å². The fraction of sp³-hybridized carbons (Fsp3) is 0.250. The maximum absolute atomic E-state index is 10.5. The minimum atomic E-state index is -1.10. The van der Waals surface area contributed by atoms with Crippen molar-refractivity contribution in [2.24, 2.45) is 0 Å². The van der Waals surface area contributed by atoms with Crippen LogP contribution in [0.4, 0.5) is 0 Å². The summed E-state index contributed by atoms with van der Waals surface area (Å²) in [7, 11) is 1.64. The van der Waals surface area contributed by atoms with E-state index >= 15 is 0 Å². The lowest BCUT2D eigenvalue weighted by Crippen LogP contribution is -1.99. The molecule has 1 aromatic carbocycles. The van der Waals surface area contributed by atoms with E-state index in [0.717, 1.165) is 29.7 Å². The molecule has 1 aromatic rings. The molecule has 5 nitrogen and oxygen atoms in total. The Hall–Kier alpha value is -2.95. The fourth-order valence-electron chi connectivity index (χ4n) is 2.11. The third-order valence-electron chi connectivity index (χ3n) is 3.38. The molecule has 0 aliphatic carbocycles. The quantitative estimate of drug-likeness (QED) is 0.356. The van der Waals surface area contributed by atoms with Crippen LogP contribution in [0.5, 0.6) is 5.75 Å². The molecule has 0 saturated heterocycles. The molecule has 134 valence electrons. The van der Waals surface area contributed by atoms with Crippen molar-refractivity contribution in [3.05, 3.63) is 72.2 Å². The second-order valence-electron chi connectivity index (χ2n) is 5.23. The summed E-state index contributed by atoms with van der Waals surface area (Å²) >= 11 is 0. The molecule has 0 unspecified atom stereocenters. The number of benzene rings is 1. The summed E-state index contributed by atoms with van der Waals surface area (Å²) < 4.78 is 11.0. The third-order valence-corrected chi connectivity index (χ3v) is 3.38. The number of aliphatic hydroxyl groups excluding tert-OH is 1. The molecule has 0 radical (unpaired) electrons. The average molecular weight is 344 g/mol. The zero-order chi connectivity index (χ0) is 18.7. The Balaban J connectivity index is 2.54. The average Bonchev–Trinajstić information content (AvgIpc) is 2.60. The van der Waals surface area contributed by atoms with Crippen LogP contribution in [-0.4, -0.2) is 29.9 Å². The molecular formula is C20H24O5. The van der Waals surface area contributed by atoms with Gasteiger partial charge in [-0.2, -0.15) is 0 Å². The first-order valence-electron chi connectivity index (χ1n) is 7.86. The van der Waals surface area contributed by atoms with Crippen LogP contribution in [-0.2, 0) is 16.0 Å².